The summed E-state index contributed by atoms with van der Waals surface area (Å²) in [6.45, 7) is 10.8. The Kier molecular flexibility index (Phi) is 6.42. The van der Waals surface area contributed by atoms with Crippen molar-refractivity contribution in [1.29, 1.82) is 0 Å². The monoisotopic (exact) mass is 318 g/mol. The van der Waals surface area contributed by atoms with Gasteiger partial charge in [0, 0.05) is 44.5 Å². The van der Waals surface area contributed by atoms with Crippen molar-refractivity contribution in [2.24, 2.45) is 11.7 Å². The van der Waals surface area contributed by atoms with Crippen LogP contribution >= 0.6 is 0 Å². The molecule has 128 valence electrons. The number of benzene rings is 1. The van der Waals surface area contributed by atoms with Gasteiger partial charge in [0.25, 0.3) is 0 Å². The van der Waals surface area contributed by atoms with Gasteiger partial charge in [-0.2, -0.15) is 0 Å². The minimum absolute atomic E-state index is 0.0465. The van der Waals surface area contributed by atoms with E-state index in [1.54, 1.807) is 0 Å². The van der Waals surface area contributed by atoms with Crippen molar-refractivity contribution in [3.63, 3.8) is 0 Å². The lowest BCUT2D eigenvalue weighted by Gasteiger charge is -2.39. The van der Waals surface area contributed by atoms with E-state index in [4.69, 9.17) is 5.73 Å². The summed E-state index contributed by atoms with van der Waals surface area (Å²) >= 11 is 0. The summed E-state index contributed by atoms with van der Waals surface area (Å²) in [6, 6.07) is 10.4. The summed E-state index contributed by atoms with van der Waals surface area (Å²) < 4.78 is 0. The van der Waals surface area contributed by atoms with E-state index in [0.29, 0.717) is 12.6 Å². The molecule has 1 aliphatic rings. The molecule has 0 aliphatic carbocycles. The van der Waals surface area contributed by atoms with Gasteiger partial charge in [-0.1, -0.05) is 32.0 Å². The maximum Gasteiger partial charge on any atom is 0.237 e. The molecule has 1 amide bonds. The number of hydrogen-bond acceptors (Lipinski definition) is 4. The molecule has 1 saturated heterocycles. The summed E-state index contributed by atoms with van der Waals surface area (Å²) in [5, 5.41) is 2.98. The standard InChI is InChI=1S/C18H30N4O/c1-14(2)17(19)18(23)20-13-15(3)21-9-11-22(12-10-21)16-7-5-4-6-8-16/h4-8,14-15,17H,9-13,19H2,1-3H3,(H,20,23)/t15?,17-/m0/s1. The number of piperazine rings is 1. The first-order valence-electron chi connectivity index (χ1n) is 8.56. The molecule has 0 saturated carbocycles. The van der Waals surface area contributed by atoms with Crippen LogP contribution in [0.3, 0.4) is 0 Å². The smallest absolute Gasteiger partial charge is 0.237 e. The molecular formula is C18H30N4O. The number of anilines is 1. The van der Waals surface area contributed by atoms with Crippen LogP contribution in [0.5, 0.6) is 0 Å². The molecule has 2 rings (SSSR count). The van der Waals surface area contributed by atoms with Crippen molar-refractivity contribution in [3.8, 4) is 0 Å². The molecule has 0 radical (unpaired) electrons. The second kappa shape index (κ2) is 8.31. The minimum atomic E-state index is -0.419. The van der Waals surface area contributed by atoms with Crippen molar-refractivity contribution in [3.05, 3.63) is 30.3 Å². The minimum Gasteiger partial charge on any atom is -0.369 e. The van der Waals surface area contributed by atoms with E-state index in [0.717, 1.165) is 26.2 Å². The van der Waals surface area contributed by atoms with E-state index in [1.165, 1.54) is 5.69 Å². The van der Waals surface area contributed by atoms with Crippen LogP contribution in [-0.2, 0) is 4.79 Å². The molecule has 23 heavy (non-hydrogen) atoms. The van der Waals surface area contributed by atoms with E-state index in [9.17, 15) is 4.79 Å². The van der Waals surface area contributed by atoms with E-state index in [-0.39, 0.29) is 11.8 Å². The largest absolute Gasteiger partial charge is 0.369 e. The second-order valence-corrected chi connectivity index (χ2v) is 6.72. The maximum absolute atomic E-state index is 11.9. The molecule has 1 aromatic carbocycles. The second-order valence-electron chi connectivity index (χ2n) is 6.72. The Bertz CT molecular complexity index is 483. The highest BCUT2D eigenvalue weighted by molar-refractivity contribution is 5.81. The van der Waals surface area contributed by atoms with Gasteiger partial charge in [0.1, 0.15) is 0 Å². The Hall–Kier alpha value is -1.59. The van der Waals surface area contributed by atoms with Crippen LogP contribution in [0.15, 0.2) is 30.3 Å². The third-order valence-electron chi connectivity index (χ3n) is 4.65. The van der Waals surface area contributed by atoms with Gasteiger partial charge in [-0.25, -0.2) is 0 Å². The molecular weight excluding hydrogens is 288 g/mol. The van der Waals surface area contributed by atoms with E-state index < -0.39 is 6.04 Å². The highest BCUT2D eigenvalue weighted by atomic mass is 16.2. The number of carbonyl (C=O) groups is 1. The summed E-state index contributed by atoms with van der Waals surface area (Å²) in [6.07, 6.45) is 0. The quantitative estimate of drug-likeness (QED) is 0.830. The zero-order valence-corrected chi connectivity index (χ0v) is 14.5. The van der Waals surface area contributed by atoms with Crippen LogP contribution in [0, 0.1) is 5.92 Å². The Morgan fingerprint density at radius 2 is 1.74 bits per heavy atom. The molecule has 1 fully saturated rings. The van der Waals surface area contributed by atoms with Crippen LogP contribution in [0.25, 0.3) is 0 Å². The van der Waals surface area contributed by atoms with Gasteiger partial charge in [0.2, 0.25) is 5.91 Å². The van der Waals surface area contributed by atoms with Crippen LogP contribution in [0.2, 0.25) is 0 Å². The third kappa shape index (κ3) is 4.94. The number of carbonyl (C=O) groups excluding carboxylic acids is 1. The van der Waals surface area contributed by atoms with Gasteiger partial charge in [-0.15, -0.1) is 0 Å². The Morgan fingerprint density at radius 1 is 1.13 bits per heavy atom. The molecule has 1 heterocycles. The molecule has 0 bridgehead atoms. The Balaban J connectivity index is 1.75. The van der Waals surface area contributed by atoms with Gasteiger partial charge in [0.05, 0.1) is 6.04 Å². The fraction of sp³-hybridized carbons (Fsp3) is 0.611. The fourth-order valence-electron chi connectivity index (χ4n) is 2.86. The van der Waals surface area contributed by atoms with Gasteiger partial charge >= 0.3 is 0 Å². The first-order valence-corrected chi connectivity index (χ1v) is 8.56. The van der Waals surface area contributed by atoms with E-state index in [2.05, 4.69) is 46.3 Å². The van der Waals surface area contributed by atoms with Gasteiger partial charge in [-0.05, 0) is 25.0 Å². The Labute approximate surface area is 139 Å². The van der Waals surface area contributed by atoms with Crippen molar-refractivity contribution in [2.45, 2.75) is 32.9 Å². The number of nitrogens with two attached hydrogens (primary N) is 1. The number of nitrogens with zero attached hydrogens (tertiary/aromatic N) is 2. The average molecular weight is 318 g/mol. The van der Waals surface area contributed by atoms with Crippen molar-refractivity contribution >= 4 is 11.6 Å². The Morgan fingerprint density at radius 3 is 2.30 bits per heavy atom. The SMILES string of the molecule is CC(C)[C@H](N)C(=O)NCC(C)N1CCN(c2ccccc2)CC1. The molecule has 1 unspecified atom stereocenters. The van der Waals surface area contributed by atoms with Crippen LogP contribution in [0.4, 0.5) is 5.69 Å². The molecule has 0 spiro atoms. The van der Waals surface area contributed by atoms with Crippen molar-refractivity contribution in [1.82, 2.24) is 10.2 Å². The molecule has 3 N–H and O–H groups in total. The summed E-state index contributed by atoms with van der Waals surface area (Å²) in [4.78, 5) is 16.8. The molecule has 1 aromatic rings. The van der Waals surface area contributed by atoms with E-state index >= 15 is 0 Å². The maximum atomic E-state index is 11.9. The van der Waals surface area contributed by atoms with Crippen LogP contribution < -0.4 is 16.0 Å². The molecule has 5 nitrogen and oxygen atoms in total. The van der Waals surface area contributed by atoms with Gasteiger partial charge in [0.15, 0.2) is 0 Å². The third-order valence-corrected chi connectivity index (χ3v) is 4.65. The molecule has 0 aromatic heterocycles. The first kappa shape index (κ1) is 17.8. The van der Waals surface area contributed by atoms with Gasteiger partial charge < -0.3 is 16.0 Å². The zero-order chi connectivity index (χ0) is 16.8. The molecule has 5 heteroatoms. The average Bonchev–Trinajstić information content (AvgIpc) is 2.59. The lowest BCUT2D eigenvalue weighted by atomic mass is 10.0. The summed E-state index contributed by atoms with van der Waals surface area (Å²) in [5.41, 5.74) is 7.16. The normalized spacial score (nSPS) is 18.7. The van der Waals surface area contributed by atoms with Crippen molar-refractivity contribution < 1.29 is 4.79 Å². The number of amides is 1. The predicted octanol–water partition coefficient (Wildman–Crippen LogP) is 1.30. The first-order chi connectivity index (χ1) is 11.0. The lowest BCUT2D eigenvalue weighted by Crippen LogP contribution is -2.54. The number of hydrogen-bond donors (Lipinski definition) is 2. The number of para-hydroxylation sites is 1. The van der Waals surface area contributed by atoms with E-state index in [1.807, 2.05) is 19.9 Å². The summed E-state index contributed by atoms with van der Waals surface area (Å²) in [7, 11) is 0. The van der Waals surface area contributed by atoms with Crippen LogP contribution in [0.1, 0.15) is 20.8 Å². The van der Waals surface area contributed by atoms with Gasteiger partial charge in [-0.3, -0.25) is 9.69 Å². The lowest BCUT2D eigenvalue weighted by molar-refractivity contribution is -0.123. The summed E-state index contributed by atoms with van der Waals surface area (Å²) in [5.74, 6) is 0.120. The number of nitrogens with one attached hydrogen (secondary N) is 1. The topological polar surface area (TPSA) is 61.6 Å². The highest BCUT2D eigenvalue weighted by Gasteiger charge is 2.23. The molecule has 2 atom stereocenters. The number of rotatable bonds is 6. The fourth-order valence-corrected chi connectivity index (χ4v) is 2.86. The molecule has 1 aliphatic heterocycles. The van der Waals surface area contributed by atoms with Crippen molar-refractivity contribution in [2.75, 3.05) is 37.6 Å². The van der Waals surface area contributed by atoms with Crippen LogP contribution in [-0.4, -0.2) is 55.6 Å². The highest BCUT2D eigenvalue weighted by Crippen LogP contribution is 2.16. The predicted molar refractivity (Wildman–Crippen MR) is 95.5 cm³/mol. The zero-order valence-electron chi connectivity index (χ0n) is 14.5.